The summed E-state index contributed by atoms with van der Waals surface area (Å²) in [6, 6.07) is 10.8. The lowest BCUT2D eigenvalue weighted by atomic mass is 10.1. The van der Waals surface area contributed by atoms with Gasteiger partial charge in [0, 0.05) is 6.42 Å². The van der Waals surface area contributed by atoms with E-state index in [1.807, 2.05) is 0 Å². The molecule has 132 valence electrons. The van der Waals surface area contributed by atoms with Crippen LogP contribution in [0.5, 0.6) is 0 Å². The number of rotatable bonds is 12. The van der Waals surface area contributed by atoms with Gasteiger partial charge < -0.3 is 0 Å². The van der Waals surface area contributed by atoms with Crippen LogP contribution in [-0.4, -0.2) is 4.57 Å². The van der Waals surface area contributed by atoms with E-state index >= 15 is 0 Å². The zero-order chi connectivity index (χ0) is 17.0. The van der Waals surface area contributed by atoms with E-state index < -0.39 is 0 Å². The highest BCUT2D eigenvalue weighted by Gasteiger charge is 2.14. The van der Waals surface area contributed by atoms with E-state index in [-0.39, 0.29) is 0 Å². The summed E-state index contributed by atoms with van der Waals surface area (Å²) in [5, 5.41) is 0. The predicted molar refractivity (Wildman–Crippen MR) is 102 cm³/mol. The Kier molecular flexibility index (Phi) is 8.65. The SMILES string of the molecule is CCCCCCCCCCCc1n(Cc2ccccc2)cc[n+]1C. The standard InChI is InChI=1S/C22H35N2/c1-3-4-5-6-7-8-9-10-14-17-22-23(2)18-19-24(22)20-21-15-12-11-13-16-21/h11-13,15-16,18-19H,3-10,14,17,20H2,1-2H3/q+1. The molecule has 24 heavy (non-hydrogen) atoms. The summed E-state index contributed by atoms with van der Waals surface area (Å²) in [6.45, 7) is 3.27. The molecule has 2 nitrogen and oxygen atoms in total. The second-order valence-electron chi connectivity index (χ2n) is 7.02. The molecule has 0 bridgehead atoms. The maximum absolute atomic E-state index is 2.40. The van der Waals surface area contributed by atoms with Gasteiger partial charge in [0.05, 0.1) is 7.05 Å². The van der Waals surface area contributed by atoms with Crippen molar-refractivity contribution in [3.63, 3.8) is 0 Å². The Morgan fingerprint density at radius 2 is 1.46 bits per heavy atom. The van der Waals surface area contributed by atoms with Crippen LogP contribution in [0.15, 0.2) is 42.7 Å². The quantitative estimate of drug-likeness (QED) is 0.363. The third-order valence-electron chi connectivity index (χ3n) is 4.91. The van der Waals surface area contributed by atoms with Gasteiger partial charge in [-0.2, -0.15) is 0 Å². The second-order valence-corrected chi connectivity index (χ2v) is 7.02. The van der Waals surface area contributed by atoms with Crippen molar-refractivity contribution in [2.24, 2.45) is 7.05 Å². The molecule has 2 heteroatoms. The lowest BCUT2D eigenvalue weighted by Gasteiger charge is -2.04. The highest BCUT2D eigenvalue weighted by atomic mass is 15.1. The maximum Gasteiger partial charge on any atom is 0.256 e. The number of benzene rings is 1. The average molecular weight is 328 g/mol. The van der Waals surface area contributed by atoms with Crippen LogP contribution in [-0.2, 0) is 20.0 Å². The minimum absolute atomic E-state index is 0.981. The summed E-state index contributed by atoms with van der Waals surface area (Å²) in [6.07, 6.45) is 18.1. The van der Waals surface area contributed by atoms with Gasteiger partial charge in [-0.15, -0.1) is 0 Å². The van der Waals surface area contributed by atoms with Crippen molar-refractivity contribution in [1.82, 2.24) is 4.57 Å². The van der Waals surface area contributed by atoms with Crippen LogP contribution in [0.2, 0.25) is 0 Å². The van der Waals surface area contributed by atoms with E-state index in [2.05, 4.69) is 65.8 Å². The lowest BCUT2D eigenvalue weighted by Crippen LogP contribution is -2.32. The molecule has 0 radical (unpaired) electrons. The first-order valence-corrected chi connectivity index (χ1v) is 9.89. The molecule has 2 rings (SSSR count). The second kappa shape index (κ2) is 11.1. The Balaban J connectivity index is 1.68. The third-order valence-corrected chi connectivity index (χ3v) is 4.91. The molecule has 0 amide bonds. The smallest absolute Gasteiger partial charge is 0.237 e. The first-order valence-electron chi connectivity index (χ1n) is 9.89. The van der Waals surface area contributed by atoms with Gasteiger partial charge >= 0.3 is 0 Å². The molecule has 1 aromatic heterocycles. The van der Waals surface area contributed by atoms with Crippen molar-refractivity contribution < 1.29 is 4.57 Å². The van der Waals surface area contributed by atoms with Gasteiger partial charge in [0.1, 0.15) is 18.9 Å². The fourth-order valence-corrected chi connectivity index (χ4v) is 3.39. The van der Waals surface area contributed by atoms with E-state index in [4.69, 9.17) is 0 Å². The van der Waals surface area contributed by atoms with E-state index in [1.54, 1.807) is 0 Å². The van der Waals surface area contributed by atoms with Crippen LogP contribution >= 0.6 is 0 Å². The maximum atomic E-state index is 2.40. The van der Waals surface area contributed by atoms with Gasteiger partial charge in [-0.3, -0.25) is 0 Å². The first kappa shape index (κ1) is 18.8. The average Bonchev–Trinajstić information content (AvgIpc) is 2.94. The van der Waals surface area contributed by atoms with Crippen molar-refractivity contribution in [3.8, 4) is 0 Å². The normalized spacial score (nSPS) is 11.1. The molecular formula is C22H35N2+. The predicted octanol–water partition coefficient (Wildman–Crippen LogP) is 5.43. The highest BCUT2D eigenvalue weighted by molar-refractivity contribution is 5.15. The third kappa shape index (κ3) is 6.51. The molecule has 0 atom stereocenters. The molecule has 2 aromatic rings. The number of hydrogen-bond donors (Lipinski definition) is 0. The summed E-state index contributed by atoms with van der Waals surface area (Å²) >= 11 is 0. The summed E-state index contributed by atoms with van der Waals surface area (Å²) in [5.41, 5.74) is 1.38. The molecular weight excluding hydrogens is 292 g/mol. The van der Waals surface area contributed by atoms with Gasteiger partial charge in [0.25, 0.3) is 5.82 Å². The zero-order valence-electron chi connectivity index (χ0n) is 15.7. The van der Waals surface area contributed by atoms with Gasteiger partial charge in [0.2, 0.25) is 0 Å². The Bertz CT molecular complexity index is 557. The lowest BCUT2D eigenvalue weighted by molar-refractivity contribution is -0.678. The largest absolute Gasteiger partial charge is 0.256 e. The summed E-state index contributed by atoms with van der Waals surface area (Å²) < 4.78 is 4.69. The van der Waals surface area contributed by atoms with Gasteiger partial charge in [-0.1, -0.05) is 88.6 Å². The Morgan fingerprint density at radius 3 is 2.12 bits per heavy atom. The number of imidazole rings is 1. The van der Waals surface area contributed by atoms with Crippen LogP contribution in [0.25, 0.3) is 0 Å². The van der Waals surface area contributed by atoms with Crippen LogP contribution < -0.4 is 4.57 Å². The topological polar surface area (TPSA) is 8.81 Å². The number of aromatic nitrogens is 2. The number of aryl methyl sites for hydroxylation is 1. The summed E-state index contributed by atoms with van der Waals surface area (Å²) in [7, 11) is 2.17. The number of hydrogen-bond acceptors (Lipinski definition) is 0. The van der Waals surface area contributed by atoms with Gasteiger partial charge in [-0.05, 0) is 12.0 Å². The fraction of sp³-hybridized carbons (Fsp3) is 0.591. The number of unbranched alkanes of at least 4 members (excludes halogenated alkanes) is 8. The summed E-state index contributed by atoms with van der Waals surface area (Å²) in [5.74, 6) is 1.45. The summed E-state index contributed by atoms with van der Waals surface area (Å²) in [4.78, 5) is 0. The molecule has 0 aliphatic rings. The van der Waals surface area contributed by atoms with Crippen molar-refractivity contribution in [3.05, 3.63) is 54.1 Å². The van der Waals surface area contributed by atoms with Gasteiger partial charge in [-0.25, -0.2) is 9.13 Å². The zero-order valence-corrected chi connectivity index (χ0v) is 15.7. The van der Waals surface area contributed by atoms with Crippen LogP contribution in [0.4, 0.5) is 0 Å². The molecule has 0 N–H and O–H groups in total. The molecule has 1 aromatic carbocycles. The molecule has 0 unspecified atom stereocenters. The minimum Gasteiger partial charge on any atom is -0.237 e. The molecule has 0 saturated carbocycles. The van der Waals surface area contributed by atoms with Crippen molar-refractivity contribution in [1.29, 1.82) is 0 Å². The Labute approximate surface area is 148 Å². The van der Waals surface area contributed by atoms with Crippen LogP contribution in [0.1, 0.15) is 76.1 Å². The van der Waals surface area contributed by atoms with E-state index in [0.29, 0.717) is 0 Å². The van der Waals surface area contributed by atoms with Crippen LogP contribution in [0.3, 0.4) is 0 Å². The fourth-order valence-electron chi connectivity index (χ4n) is 3.39. The molecule has 0 aliphatic heterocycles. The van der Waals surface area contributed by atoms with Crippen molar-refractivity contribution in [2.75, 3.05) is 0 Å². The van der Waals surface area contributed by atoms with Crippen molar-refractivity contribution in [2.45, 2.75) is 77.7 Å². The van der Waals surface area contributed by atoms with E-state index in [9.17, 15) is 0 Å². The number of nitrogens with zero attached hydrogens (tertiary/aromatic N) is 2. The monoisotopic (exact) mass is 327 g/mol. The molecule has 0 spiro atoms. The van der Waals surface area contributed by atoms with Crippen molar-refractivity contribution >= 4 is 0 Å². The molecule has 1 heterocycles. The first-order chi connectivity index (χ1) is 11.8. The minimum atomic E-state index is 0.981. The van der Waals surface area contributed by atoms with Crippen LogP contribution in [0, 0.1) is 0 Å². The molecule has 0 aliphatic carbocycles. The molecule has 0 fully saturated rings. The van der Waals surface area contributed by atoms with E-state index in [1.165, 1.54) is 75.6 Å². The Morgan fingerprint density at radius 1 is 0.833 bits per heavy atom. The Hall–Kier alpha value is -1.57. The van der Waals surface area contributed by atoms with Gasteiger partial charge in [0.15, 0.2) is 0 Å². The van der Waals surface area contributed by atoms with E-state index in [0.717, 1.165) is 6.54 Å². The highest BCUT2D eigenvalue weighted by Crippen LogP contribution is 2.12. The molecule has 0 saturated heterocycles.